The van der Waals surface area contributed by atoms with E-state index in [0.29, 0.717) is 15.5 Å². The van der Waals surface area contributed by atoms with Crippen LogP contribution in [0.3, 0.4) is 0 Å². The van der Waals surface area contributed by atoms with Crippen LogP contribution >= 0.6 is 35.6 Å². The second-order valence-electron chi connectivity index (χ2n) is 4.07. The van der Waals surface area contributed by atoms with Crippen LogP contribution in [0.2, 0.25) is 5.02 Å². The quantitative estimate of drug-likeness (QED) is 0.625. The molecule has 104 valence electrons. The van der Waals surface area contributed by atoms with Gasteiger partial charge in [-0.05, 0) is 24.6 Å². The zero-order chi connectivity index (χ0) is 14.9. The van der Waals surface area contributed by atoms with Crippen molar-refractivity contribution in [2.45, 2.75) is 13.0 Å². The van der Waals surface area contributed by atoms with Crippen LogP contribution in [0.5, 0.6) is 0 Å². The Hall–Kier alpha value is -1.37. The number of hydrogen-bond donors (Lipinski definition) is 0. The molecule has 0 aliphatic carbocycles. The van der Waals surface area contributed by atoms with Gasteiger partial charge < -0.3 is 9.90 Å². The number of aliphatic carboxylic acids is 1. The minimum Gasteiger partial charge on any atom is -0.548 e. The van der Waals surface area contributed by atoms with Crippen LogP contribution in [0.1, 0.15) is 12.5 Å². The Morgan fingerprint density at radius 3 is 2.75 bits per heavy atom. The van der Waals surface area contributed by atoms with Crippen molar-refractivity contribution in [2.24, 2.45) is 0 Å². The van der Waals surface area contributed by atoms with Gasteiger partial charge in [0.05, 0.1) is 16.9 Å². The maximum absolute atomic E-state index is 12.2. The highest BCUT2D eigenvalue weighted by Gasteiger charge is 2.35. The lowest BCUT2D eigenvalue weighted by molar-refractivity contribution is -0.309. The Bertz CT molecular complexity index is 630. The maximum atomic E-state index is 12.2. The average Bonchev–Trinajstić information content (AvgIpc) is 2.66. The highest BCUT2D eigenvalue weighted by atomic mass is 35.5. The van der Waals surface area contributed by atoms with Crippen LogP contribution in [0, 0.1) is 0 Å². The fraction of sp³-hybridized carbons (Fsp3) is 0.154. The summed E-state index contributed by atoms with van der Waals surface area (Å²) in [4.78, 5) is 24.5. The van der Waals surface area contributed by atoms with Gasteiger partial charge >= 0.3 is 0 Å². The molecule has 1 saturated heterocycles. The molecule has 1 atom stereocenters. The Labute approximate surface area is 130 Å². The molecule has 1 aromatic carbocycles. The maximum Gasteiger partial charge on any atom is 0.266 e. The molecule has 2 rings (SSSR count). The van der Waals surface area contributed by atoms with E-state index in [1.54, 1.807) is 30.3 Å². The summed E-state index contributed by atoms with van der Waals surface area (Å²) in [5, 5.41) is 11.4. The summed E-state index contributed by atoms with van der Waals surface area (Å²) in [6, 6.07) is 5.94. The zero-order valence-electron chi connectivity index (χ0n) is 10.3. The number of benzene rings is 1. The molecule has 1 aliphatic rings. The van der Waals surface area contributed by atoms with E-state index >= 15 is 0 Å². The van der Waals surface area contributed by atoms with E-state index in [-0.39, 0.29) is 4.32 Å². The lowest BCUT2D eigenvalue weighted by Crippen LogP contribution is -2.48. The summed E-state index contributed by atoms with van der Waals surface area (Å²) < 4.78 is 0.199. The molecule has 0 radical (unpaired) electrons. The summed E-state index contributed by atoms with van der Waals surface area (Å²) in [5.74, 6) is -1.79. The normalized spacial score (nSPS) is 18.7. The van der Waals surface area contributed by atoms with E-state index in [1.807, 2.05) is 0 Å². The molecule has 1 aromatic rings. The highest BCUT2D eigenvalue weighted by molar-refractivity contribution is 8.26. The Morgan fingerprint density at radius 1 is 1.50 bits per heavy atom. The van der Waals surface area contributed by atoms with Gasteiger partial charge in [0, 0.05) is 5.02 Å². The SMILES string of the molecule is C[C@@H](C(=O)[O-])N1C(=O)/C(=C/c2ccccc2Cl)SC1=S. The van der Waals surface area contributed by atoms with Gasteiger partial charge in [-0.15, -0.1) is 0 Å². The minimum atomic E-state index is -1.35. The summed E-state index contributed by atoms with van der Waals surface area (Å²) in [6.45, 7) is 1.36. The molecule has 0 saturated carbocycles. The second-order valence-corrected chi connectivity index (χ2v) is 6.15. The standard InChI is InChI=1S/C13H10ClNO3S2/c1-7(12(17)18)15-11(16)10(20-13(15)19)6-8-4-2-3-5-9(8)14/h2-7H,1H3,(H,17,18)/p-1/b10-6-/t7-/m0/s1. The minimum absolute atomic E-state index is 0.199. The molecule has 1 amide bonds. The smallest absolute Gasteiger partial charge is 0.266 e. The number of halogens is 1. The van der Waals surface area contributed by atoms with Gasteiger partial charge in [0.15, 0.2) is 0 Å². The van der Waals surface area contributed by atoms with E-state index in [9.17, 15) is 14.7 Å². The molecule has 20 heavy (non-hydrogen) atoms. The fourth-order valence-electron chi connectivity index (χ4n) is 1.65. The number of amides is 1. The van der Waals surface area contributed by atoms with Gasteiger partial charge in [-0.1, -0.05) is 53.8 Å². The second kappa shape index (κ2) is 5.95. The van der Waals surface area contributed by atoms with Crippen LogP contribution in [0.4, 0.5) is 0 Å². The number of carbonyl (C=O) groups excluding carboxylic acids is 2. The van der Waals surface area contributed by atoms with Crippen molar-refractivity contribution in [3.8, 4) is 0 Å². The molecule has 0 spiro atoms. The van der Waals surface area contributed by atoms with Crippen molar-refractivity contribution in [1.29, 1.82) is 0 Å². The van der Waals surface area contributed by atoms with Gasteiger partial charge in [-0.3, -0.25) is 9.69 Å². The van der Waals surface area contributed by atoms with Gasteiger partial charge in [0.2, 0.25) is 0 Å². The van der Waals surface area contributed by atoms with Gasteiger partial charge in [0.1, 0.15) is 4.32 Å². The van der Waals surface area contributed by atoms with Crippen LogP contribution in [0.25, 0.3) is 6.08 Å². The summed E-state index contributed by atoms with van der Waals surface area (Å²) in [7, 11) is 0. The largest absolute Gasteiger partial charge is 0.548 e. The molecule has 0 unspecified atom stereocenters. The number of carboxylic acid groups (broad SMARTS) is 1. The third-order valence-corrected chi connectivity index (χ3v) is 4.42. The molecule has 4 nitrogen and oxygen atoms in total. The molecule has 0 N–H and O–H groups in total. The average molecular weight is 327 g/mol. The van der Waals surface area contributed by atoms with E-state index in [0.717, 1.165) is 16.7 Å². The Kier molecular flexibility index (Phi) is 4.47. The third-order valence-electron chi connectivity index (χ3n) is 2.74. The number of carboxylic acids is 1. The number of hydrogen-bond acceptors (Lipinski definition) is 5. The molecule has 0 aromatic heterocycles. The Morgan fingerprint density at radius 2 is 2.15 bits per heavy atom. The fourth-order valence-corrected chi connectivity index (χ4v) is 3.25. The van der Waals surface area contributed by atoms with E-state index in [4.69, 9.17) is 23.8 Å². The third kappa shape index (κ3) is 2.87. The van der Waals surface area contributed by atoms with E-state index < -0.39 is 17.9 Å². The summed E-state index contributed by atoms with van der Waals surface area (Å²) >= 11 is 12.1. The number of nitrogens with zero attached hydrogens (tertiary/aromatic N) is 1. The van der Waals surface area contributed by atoms with Crippen LogP contribution in [-0.4, -0.2) is 27.1 Å². The van der Waals surface area contributed by atoms with E-state index in [1.165, 1.54) is 6.92 Å². The first-order valence-electron chi connectivity index (χ1n) is 5.64. The molecular formula is C13H9ClNO3S2-. The van der Waals surface area contributed by atoms with Crippen molar-refractivity contribution in [1.82, 2.24) is 4.90 Å². The summed E-state index contributed by atoms with van der Waals surface area (Å²) in [5.41, 5.74) is 0.677. The van der Waals surface area contributed by atoms with Crippen molar-refractivity contribution in [3.63, 3.8) is 0 Å². The first-order valence-corrected chi connectivity index (χ1v) is 7.24. The van der Waals surface area contributed by atoms with Gasteiger partial charge in [-0.2, -0.15) is 0 Å². The van der Waals surface area contributed by atoms with Gasteiger partial charge in [-0.25, -0.2) is 0 Å². The molecule has 0 bridgehead atoms. The first-order chi connectivity index (χ1) is 9.41. The Balaban J connectivity index is 2.33. The van der Waals surface area contributed by atoms with Crippen molar-refractivity contribution >= 4 is 57.9 Å². The topological polar surface area (TPSA) is 60.4 Å². The number of thioether (sulfide) groups is 1. The van der Waals surface area contributed by atoms with E-state index in [2.05, 4.69) is 0 Å². The van der Waals surface area contributed by atoms with Crippen molar-refractivity contribution < 1.29 is 14.7 Å². The lowest BCUT2D eigenvalue weighted by Gasteiger charge is -2.23. The number of rotatable bonds is 3. The van der Waals surface area contributed by atoms with Crippen LogP contribution in [-0.2, 0) is 9.59 Å². The first kappa shape index (κ1) is 15.0. The number of thiocarbonyl (C=S) groups is 1. The zero-order valence-corrected chi connectivity index (χ0v) is 12.7. The summed E-state index contributed by atoms with van der Waals surface area (Å²) in [6.07, 6.45) is 1.60. The van der Waals surface area contributed by atoms with Crippen LogP contribution < -0.4 is 5.11 Å². The lowest BCUT2D eigenvalue weighted by atomic mass is 10.2. The predicted molar refractivity (Wildman–Crippen MR) is 80.9 cm³/mol. The molecule has 1 fully saturated rings. The molecule has 7 heteroatoms. The van der Waals surface area contributed by atoms with Crippen LogP contribution in [0.15, 0.2) is 29.2 Å². The molecule has 1 heterocycles. The monoisotopic (exact) mass is 326 g/mol. The highest BCUT2D eigenvalue weighted by Crippen LogP contribution is 2.34. The molecular weight excluding hydrogens is 318 g/mol. The van der Waals surface area contributed by atoms with Crippen molar-refractivity contribution in [2.75, 3.05) is 0 Å². The van der Waals surface area contributed by atoms with Crippen molar-refractivity contribution in [3.05, 3.63) is 39.8 Å². The predicted octanol–water partition coefficient (Wildman–Crippen LogP) is 1.68. The van der Waals surface area contributed by atoms with Gasteiger partial charge in [0.25, 0.3) is 5.91 Å². The number of carbonyl (C=O) groups is 2. The molecule has 1 aliphatic heterocycles.